The molecule has 55 heavy (non-hydrogen) atoms. The van der Waals surface area contributed by atoms with Gasteiger partial charge in [-0.1, -0.05) is 284 Å². The van der Waals surface area contributed by atoms with E-state index < -0.39 is 12.0 Å². The number of rotatable bonds is 48. The van der Waals surface area contributed by atoms with Crippen LogP contribution in [-0.4, -0.2) is 30.0 Å². The zero-order chi connectivity index (χ0) is 39.3. The number of unbranched alkanes of at least 4 members (excludes halogenated alkanes) is 42. The first-order valence-corrected chi connectivity index (χ1v) is 25.6. The van der Waals surface area contributed by atoms with Crippen molar-refractivity contribution in [2.75, 3.05) is 13.1 Å². The predicted octanol–water partition coefficient (Wildman–Crippen LogP) is 13.6. The Morgan fingerprint density at radius 2 is 0.473 bits per heavy atom. The molecule has 1 atom stereocenters. The summed E-state index contributed by atoms with van der Waals surface area (Å²) in [5, 5.41) is 11.6. The van der Waals surface area contributed by atoms with Crippen LogP contribution in [0.4, 0.5) is 0 Å². The van der Waals surface area contributed by atoms with Gasteiger partial charge in [0.15, 0.2) is 0 Å². The van der Waals surface area contributed by atoms with E-state index in [1.807, 2.05) is 6.92 Å². The second-order valence-corrected chi connectivity index (χ2v) is 17.9. The molecular weight excluding hydrogens is 698 g/mol. The zero-order valence-corrected chi connectivity index (χ0v) is 42.0. The number of carbonyl (C=O) groups is 1. The van der Waals surface area contributed by atoms with Crippen molar-refractivity contribution in [3.8, 4) is 0 Å². The molecule has 0 N–H and O–H groups in total. The third kappa shape index (κ3) is 47.6. The van der Waals surface area contributed by atoms with Crippen molar-refractivity contribution in [1.82, 2.24) is 4.90 Å². The number of carboxylic acid groups (broad SMARTS) is 1. The monoisotopic (exact) mass is 800 g/mol. The molecule has 0 aromatic heterocycles. The second-order valence-electron chi connectivity index (χ2n) is 17.9. The van der Waals surface area contributed by atoms with Crippen LogP contribution in [0.5, 0.6) is 0 Å². The van der Waals surface area contributed by atoms with Crippen LogP contribution in [0.25, 0.3) is 0 Å². The maximum absolute atomic E-state index is 11.6. The fourth-order valence-electron chi connectivity index (χ4n) is 8.50. The van der Waals surface area contributed by atoms with E-state index in [0.29, 0.717) is 0 Å². The van der Waals surface area contributed by atoms with Gasteiger partial charge in [0.25, 0.3) is 0 Å². The molecule has 0 heterocycles. The number of aliphatic carboxylic acids is 1. The number of carbonyl (C=O) groups excluding carboxylic acids is 1. The SMILES string of the molecule is CCCCCCCCCCCCCCCCCCCCCCCCN(CCCCCCCCCCCCCCCCCCCCCCCC)C(C)C(=O)[O-].[K+]. The van der Waals surface area contributed by atoms with Crippen molar-refractivity contribution in [2.24, 2.45) is 0 Å². The Balaban J connectivity index is 0. The van der Waals surface area contributed by atoms with Crippen LogP contribution in [0.2, 0.25) is 0 Å². The summed E-state index contributed by atoms with van der Waals surface area (Å²) in [7, 11) is 0. The second kappa shape index (κ2) is 51.2. The fraction of sp³-hybridized carbons (Fsp3) is 0.980. The van der Waals surface area contributed by atoms with Crippen LogP contribution >= 0.6 is 0 Å². The summed E-state index contributed by atoms with van der Waals surface area (Å²) in [6, 6.07) is -0.463. The third-order valence-corrected chi connectivity index (χ3v) is 12.5. The molecule has 4 heteroatoms. The van der Waals surface area contributed by atoms with E-state index in [1.165, 1.54) is 270 Å². The molecule has 0 aliphatic heterocycles. The molecule has 324 valence electrons. The predicted molar refractivity (Wildman–Crippen MR) is 241 cm³/mol. The van der Waals surface area contributed by atoms with E-state index in [9.17, 15) is 9.90 Å². The average molecular weight is 800 g/mol. The quantitative estimate of drug-likeness (QED) is 0.0455. The van der Waals surface area contributed by atoms with Gasteiger partial charge in [-0.15, -0.1) is 0 Å². The average Bonchev–Trinajstić information content (AvgIpc) is 3.17. The molecule has 0 aliphatic carbocycles. The van der Waals surface area contributed by atoms with Crippen LogP contribution in [0.15, 0.2) is 0 Å². The molecule has 0 bridgehead atoms. The Morgan fingerprint density at radius 3 is 0.618 bits per heavy atom. The van der Waals surface area contributed by atoms with Crippen molar-refractivity contribution in [1.29, 1.82) is 0 Å². The van der Waals surface area contributed by atoms with E-state index in [2.05, 4.69) is 18.7 Å². The Morgan fingerprint density at radius 1 is 0.327 bits per heavy atom. The van der Waals surface area contributed by atoms with Crippen LogP contribution < -0.4 is 56.5 Å². The molecule has 0 aliphatic rings. The van der Waals surface area contributed by atoms with Crippen LogP contribution in [-0.2, 0) is 4.79 Å². The van der Waals surface area contributed by atoms with E-state index in [4.69, 9.17) is 0 Å². The Hall–Kier alpha value is 1.07. The van der Waals surface area contributed by atoms with Gasteiger partial charge in [0.05, 0.1) is 5.97 Å². The first-order chi connectivity index (χ1) is 26.6. The molecule has 3 nitrogen and oxygen atoms in total. The first-order valence-electron chi connectivity index (χ1n) is 25.6. The minimum atomic E-state index is -0.910. The van der Waals surface area contributed by atoms with Crippen molar-refractivity contribution < 1.29 is 61.3 Å². The minimum Gasteiger partial charge on any atom is -0.548 e. The third-order valence-electron chi connectivity index (χ3n) is 12.5. The van der Waals surface area contributed by atoms with Gasteiger partial charge in [0.2, 0.25) is 0 Å². The van der Waals surface area contributed by atoms with Crippen LogP contribution in [0.3, 0.4) is 0 Å². The van der Waals surface area contributed by atoms with Gasteiger partial charge in [0.1, 0.15) is 0 Å². The number of nitrogens with zero attached hydrogens (tertiary/aromatic N) is 1. The maximum Gasteiger partial charge on any atom is 1.00 e. The van der Waals surface area contributed by atoms with Gasteiger partial charge in [0, 0.05) is 6.04 Å². The Bertz CT molecular complexity index is 654. The molecule has 0 amide bonds. The summed E-state index contributed by atoms with van der Waals surface area (Å²) < 4.78 is 0. The van der Waals surface area contributed by atoms with E-state index in [0.717, 1.165) is 25.9 Å². The van der Waals surface area contributed by atoms with Crippen molar-refractivity contribution in [3.05, 3.63) is 0 Å². The summed E-state index contributed by atoms with van der Waals surface area (Å²) in [5.41, 5.74) is 0. The number of hydrogen-bond donors (Lipinski definition) is 0. The molecule has 0 saturated carbocycles. The summed E-state index contributed by atoms with van der Waals surface area (Å²) in [6.45, 7) is 8.25. The van der Waals surface area contributed by atoms with Gasteiger partial charge in [-0.3, -0.25) is 4.90 Å². The normalized spacial score (nSPS) is 12.1. The van der Waals surface area contributed by atoms with Crippen molar-refractivity contribution >= 4 is 5.97 Å². The molecule has 0 fully saturated rings. The molecule has 0 radical (unpaired) electrons. The number of hydrogen-bond acceptors (Lipinski definition) is 3. The number of carboxylic acids is 1. The van der Waals surface area contributed by atoms with Gasteiger partial charge >= 0.3 is 51.4 Å². The summed E-state index contributed by atoms with van der Waals surface area (Å²) in [6.07, 6.45) is 61.7. The first kappa shape index (κ1) is 58.2. The fourth-order valence-corrected chi connectivity index (χ4v) is 8.50. The summed E-state index contributed by atoms with van der Waals surface area (Å²) in [4.78, 5) is 13.8. The zero-order valence-electron chi connectivity index (χ0n) is 38.9. The maximum atomic E-state index is 11.6. The van der Waals surface area contributed by atoms with Crippen molar-refractivity contribution in [3.63, 3.8) is 0 Å². The van der Waals surface area contributed by atoms with E-state index in [1.54, 1.807) is 0 Å². The molecule has 1 unspecified atom stereocenters. The van der Waals surface area contributed by atoms with Crippen LogP contribution in [0, 0.1) is 0 Å². The molecule has 0 aromatic carbocycles. The molecule has 0 aromatic rings. The Kier molecular flexibility index (Phi) is 54.1. The molecule has 0 rings (SSSR count). The van der Waals surface area contributed by atoms with Gasteiger partial charge < -0.3 is 9.90 Å². The topological polar surface area (TPSA) is 43.4 Å². The standard InChI is InChI=1S/C51H103NO2.K/c1-4-6-8-10-12-14-16-18-20-22-24-26-28-30-32-34-36-38-40-42-44-46-48-52(50(3)51(53)54)49-47-45-43-41-39-37-35-33-31-29-27-25-23-21-19-17-15-13-11-9-7-5-2;/h50H,4-49H2,1-3H3,(H,53,54);/q;+1/p-1. The summed E-state index contributed by atoms with van der Waals surface area (Å²) in [5.74, 6) is -0.910. The molecular formula is C51H102KNO2. The largest absolute Gasteiger partial charge is 1.00 e. The van der Waals surface area contributed by atoms with E-state index in [-0.39, 0.29) is 51.4 Å². The van der Waals surface area contributed by atoms with E-state index >= 15 is 0 Å². The van der Waals surface area contributed by atoms with Gasteiger partial charge in [-0.05, 0) is 32.9 Å². The summed E-state index contributed by atoms with van der Waals surface area (Å²) >= 11 is 0. The smallest absolute Gasteiger partial charge is 0.548 e. The minimum absolute atomic E-state index is 0. The molecule has 0 saturated heterocycles. The van der Waals surface area contributed by atoms with Gasteiger partial charge in [-0.25, -0.2) is 0 Å². The van der Waals surface area contributed by atoms with Gasteiger partial charge in [-0.2, -0.15) is 0 Å². The Labute approximate surface area is 391 Å². The van der Waals surface area contributed by atoms with Crippen LogP contribution in [0.1, 0.15) is 303 Å². The molecule has 0 spiro atoms. The van der Waals surface area contributed by atoms with Crippen molar-refractivity contribution in [2.45, 2.75) is 309 Å².